The summed E-state index contributed by atoms with van der Waals surface area (Å²) < 4.78 is 65.7. The first-order valence-corrected chi connectivity index (χ1v) is 12.3. The maximum Gasteiger partial charge on any atom is 0.490 e. The zero-order valence-electron chi connectivity index (χ0n) is 20.3. The normalized spacial score (nSPS) is 18.6. The van der Waals surface area contributed by atoms with Crippen LogP contribution >= 0.6 is 11.3 Å². The molecule has 216 valence electrons. The van der Waals surface area contributed by atoms with Gasteiger partial charge in [-0.15, -0.1) is 11.3 Å². The lowest BCUT2D eigenvalue weighted by atomic mass is 10.0. The van der Waals surface area contributed by atoms with E-state index in [1.165, 1.54) is 4.88 Å². The van der Waals surface area contributed by atoms with Gasteiger partial charge in [-0.2, -0.15) is 26.3 Å². The number of thiophene rings is 1. The van der Waals surface area contributed by atoms with Crippen LogP contribution in [0.15, 0.2) is 60.4 Å². The highest BCUT2D eigenvalue weighted by atomic mass is 32.1. The third kappa shape index (κ3) is 7.81. The van der Waals surface area contributed by atoms with Crippen molar-refractivity contribution in [1.29, 1.82) is 0 Å². The molecule has 0 radical (unpaired) electrons. The predicted molar refractivity (Wildman–Crippen MR) is 128 cm³/mol. The molecule has 5 rings (SSSR count). The molecule has 0 saturated carbocycles. The van der Waals surface area contributed by atoms with Crippen LogP contribution in [0, 0.1) is 0 Å². The highest BCUT2D eigenvalue weighted by Gasteiger charge is 2.45. The number of carbonyl (C=O) groups excluding carboxylic acids is 1. The first-order valence-electron chi connectivity index (χ1n) is 11.4. The molecule has 0 aromatic carbocycles. The van der Waals surface area contributed by atoms with Gasteiger partial charge < -0.3 is 19.7 Å². The number of fused-ring (bicyclic) bond motifs is 3. The summed E-state index contributed by atoms with van der Waals surface area (Å²) >= 11 is 1.80. The Balaban J connectivity index is 0.000000263. The maximum atomic E-state index is 13.1. The van der Waals surface area contributed by atoms with Crippen molar-refractivity contribution in [1.82, 2.24) is 19.4 Å². The Morgan fingerprint density at radius 3 is 2.08 bits per heavy atom. The number of nitrogens with zero attached hydrogens (tertiary/aromatic N) is 4. The third-order valence-electron chi connectivity index (χ3n) is 5.87. The summed E-state index contributed by atoms with van der Waals surface area (Å²) in [5, 5.41) is 16.4. The molecule has 0 unspecified atom stereocenters. The van der Waals surface area contributed by atoms with Gasteiger partial charge in [0.1, 0.15) is 5.69 Å². The van der Waals surface area contributed by atoms with Crippen LogP contribution < -0.4 is 0 Å². The van der Waals surface area contributed by atoms with Gasteiger partial charge in [0, 0.05) is 49.6 Å². The summed E-state index contributed by atoms with van der Waals surface area (Å²) in [6, 6.07) is 12.7. The van der Waals surface area contributed by atoms with Gasteiger partial charge in [0.25, 0.3) is 5.91 Å². The molecule has 0 aliphatic carbocycles. The van der Waals surface area contributed by atoms with Gasteiger partial charge in [0.05, 0.1) is 12.1 Å². The van der Waals surface area contributed by atoms with Crippen LogP contribution in [0.1, 0.15) is 27.0 Å². The molecule has 1 fully saturated rings. The minimum absolute atomic E-state index is 0.123. The molecule has 40 heavy (non-hydrogen) atoms. The predicted octanol–water partition coefficient (Wildman–Crippen LogP) is 4.29. The van der Waals surface area contributed by atoms with E-state index in [-0.39, 0.29) is 11.9 Å². The number of aromatic nitrogens is 2. The number of halogens is 6. The van der Waals surface area contributed by atoms with E-state index in [0.717, 1.165) is 30.9 Å². The van der Waals surface area contributed by atoms with Gasteiger partial charge in [-0.3, -0.25) is 14.7 Å². The van der Waals surface area contributed by atoms with E-state index in [4.69, 9.17) is 19.8 Å². The summed E-state index contributed by atoms with van der Waals surface area (Å²) in [6.07, 6.45) is -4.48. The molecule has 3 aromatic heterocycles. The Bertz CT molecular complexity index is 1270. The number of amides is 1. The minimum atomic E-state index is -5.08. The number of hydrogen-bond acceptors (Lipinski definition) is 6. The average Bonchev–Trinajstić information content (AvgIpc) is 3.63. The molecule has 2 N–H and O–H groups in total. The Morgan fingerprint density at radius 1 is 0.925 bits per heavy atom. The number of carbonyl (C=O) groups is 3. The Kier molecular flexibility index (Phi) is 9.57. The zero-order valence-corrected chi connectivity index (χ0v) is 21.2. The molecule has 1 amide bonds. The van der Waals surface area contributed by atoms with E-state index in [0.29, 0.717) is 12.6 Å². The van der Waals surface area contributed by atoms with Crippen molar-refractivity contribution >= 4 is 29.2 Å². The number of likely N-dealkylation sites (tertiary alicyclic amines) is 1. The topological polar surface area (TPSA) is 116 Å². The first-order chi connectivity index (χ1) is 18.7. The molecule has 9 nitrogen and oxygen atoms in total. The monoisotopic (exact) mass is 592 g/mol. The van der Waals surface area contributed by atoms with Crippen molar-refractivity contribution < 1.29 is 50.9 Å². The highest BCUT2D eigenvalue weighted by molar-refractivity contribution is 7.09. The number of carboxylic acids is 2. The van der Waals surface area contributed by atoms with E-state index in [9.17, 15) is 31.1 Å². The third-order valence-corrected chi connectivity index (χ3v) is 6.73. The molecule has 2 aliphatic rings. The number of rotatable bonds is 4. The van der Waals surface area contributed by atoms with Gasteiger partial charge in [-0.25, -0.2) is 9.59 Å². The standard InChI is InChI=1S/C20H20N4OS.2C2HF3O2/c25-20-17-6-2-8-23(17)18-13-22(12-16-5-3-9-26-16)14-19(18)24(20)11-15-4-1-7-21-10-15;2*3-2(4,5)1(6)7/h1-10,18-19H,11-14H2;2*(H,6,7)/t18-,19+;;/m0../s1. The Hall–Kier alpha value is -3.92. The lowest BCUT2D eigenvalue weighted by Gasteiger charge is -2.38. The fraction of sp³-hybridized carbons (Fsp3) is 0.333. The molecule has 1 saturated heterocycles. The average molecular weight is 593 g/mol. The second-order valence-corrected chi connectivity index (χ2v) is 9.64. The largest absolute Gasteiger partial charge is 0.490 e. The summed E-state index contributed by atoms with van der Waals surface area (Å²) in [6.45, 7) is 3.45. The van der Waals surface area contributed by atoms with E-state index in [2.05, 4.69) is 38.2 Å². The van der Waals surface area contributed by atoms with Crippen LogP contribution in [-0.2, 0) is 22.7 Å². The van der Waals surface area contributed by atoms with Gasteiger partial charge in [0.15, 0.2) is 0 Å². The fourth-order valence-corrected chi connectivity index (χ4v) is 4.96. The van der Waals surface area contributed by atoms with Crippen molar-refractivity contribution in [2.75, 3.05) is 13.1 Å². The number of alkyl halides is 6. The fourth-order valence-electron chi connectivity index (χ4n) is 4.22. The molecule has 16 heteroatoms. The quantitative estimate of drug-likeness (QED) is 0.435. The molecule has 0 spiro atoms. The van der Waals surface area contributed by atoms with Crippen LogP contribution in [0.25, 0.3) is 0 Å². The SMILES string of the molecule is O=C(O)C(F)(F)F.O=C(O)C(F)(F)F.O=C1c2cccn2[C@H]2CN(Cc3cccs3)C[C@H]2N1Cc1cccnc1. The van der Waals surface area contributed by atoms with E-state index in [1.54, 1.807) is 17.5 Å². The summed E-state index contributed by atoms with van der Waals surface area (Å²) in [4.78, 5) is 41.0. The van der Waals surface area contributed by atoms with Crippen molar-refractivity contribution in [2.45, 2.75) is 37.5 Å². The van der Waals surface area contributed by atoms with Crippen molar-refractivity contribution in [3.05, 3.63) is 76.5 Å². The minimum Gasteiger partial charge on any atom is -0.475 e. The summed E-state index contributed by atoms with van der Waals surface area (Å²) in [5.74, 6) is -5.39. The van der Waals surface area contributed by atoms with E-state index >= 15 is 0 Å². The summed E-state index contributed by atoms with van der Waals surface area (Å²) in [7, 11) is 0. The molecule has 3 aromatic rings. The van der Waals surface area contributed by atoms with Crippen LogP contribution in [0.5, 0.6) is 0 Å². The molecular formula is C24H22F6N4O5S. The molecule has 5 heterocycles. The zero-order chi connectivity index (χ0) is 29.7. The number of aliphatic carboxylic acids is 2. The molecule has 2 atom stereocenters. The molecular weight excluding hydrogens is 570 g/mol. The first kappa shape index (κ1) is 30.6. The van der Waals surface area contributed by atoms with Crippen LogP contribution in [0.2, 0.25) is 0 Å². The van der Waals surface area contributed by atoms with E-state index < -0.39 is 24.3 Å². The van der Waals surface area contributed by atoms with Crippen LogP contribution in [0.3, 0.4) is 0 Å². The number of hydrogen-bond donors (Lipinski definition) is 2. The Labute approximate surface area is 226 Å². The number of pyridine rings is 1. The smallest absolute Gasteiger partial charge is 0.475 e. The van der Waals surface area contributed by atoms with Gasteiger partial charge in [-0.1, -0.05) is 12.1 Å². The molecule has 0 bridgehead atoms. The van der Waals surface area contributed by atoms with Crippen molar-refractivity contribution in [3.8, 4) is 0 Å². The lowest BCUT2D eigenvalue weighted by Crippen LogP contribution is -2.49. The van der Waals surface area contributed by atoms with Gasteiger partial charge in [-0.05, 0) is 35.2 Å². The van der Waals surface area contributed by atoms with Crippen LogP contribution in [0.4, 0.5) is 26.3 Å². The van der Waals surface area contributed by atoms with Gasteiger partial charge in [0.2, 0.25) is 0 Å². The highest BCUT2D eigenvalue weighted by Crippen LogP contribution is 2.35. The second kappa shape index (κ2) is 12.5. The van der Waals surface area contributed by atoms with Crippen molar-refractivity contribution in [2.24, 2.45) is 0 Å². The second-order valence-electron chi connectivity index (χ2n) is 8.61. The Morgan fingerprint density at radius 2 is 1.55 bits per heavy atom. The number of carboxylic acid groups (broad SMARTS) is 2. The lowest BCUT2D eigenvalue weighted by molar-refractivity contribution is -0.193. The van der Waals surface area contributed by atoms with Crippen LogP contribution in [-0.4, -0.2) is 78.9 Å². The maximum absolute atomic E-state index is 13.1. The summed E-state index contributed by atoms with van der Waals surface area (Å²) in [5.41, 5.74) is 1.88. The van der Waals surface area contributed by atoms with Crippen molar-refractivity contribution in [3.63, 3.8) is 0 Å². The van der Waals surface area contributed by atoms with Gasteiger partial charge >= 0.3 is 24.3 Å². The molecule has 2 aliphatic heterocycles. The van der Waals surface area contributed by atoms with E-state index in [1.807, 2.05) is 35.4 Å².